The fourth-order valence-electron chi connectivity index (χ4n) is 4.78. The van der Waals surface area contributed by atoms with Crippen LogP contribution in [-0.2, 0) is 16.1 Å². The lowest BCUT2D eigenvalue weighted by molar-refractivity contribution is -0.149. The smallest absolute Gasteiger partial charge is 0.308 e. The maximum atomic E-state index is 14.7. The number of halogens is 2. The van der Waals surface area contributed by atoms with Crippen LogP contribution in [0.25, 0.3) is 33.5 Å². The van der Waals surface area contributed by atoms with Gasteiger partial charge in [-0.25, -0.2) is 13.8 Å². The van der Waals surface area contributed by atoms with Crippen molar-refractivity contribution in [2.45, 2.75) is 32.4 Å². The zero-order valence-corrected chi connectivity index (χ0v) is 19.9. The molecule has 0 spiro atoms. The van der Waals surface area contributed by atoms with Crippen LogP contribution >= 0.6 is 0 Å². The summed E-state index contributed by atoms with van der Waals surface area (Å²) in [4.78, 5) is 29.2. The van der Waals surface area contributed by atoms with Crippen molar-refractivity contribution in [1.82, 2.24) is 14.9 Å². The highest BCUT2D eigenvalue weighted by atomic mass is 19.1. The molecule has 1 N–H and O–H groups in total. The maximum absolute atomic E-state index is 14.7. The normalized spacial score (nSPS) is 17.0. The summed E-state index contributed by atoms with van der Waals surface area (Å²) < 4.78 is 34.9. The molecule has 8 heteroatoms. The number of hydrogen-bond donors (Lipinski definition) is 1. The Hall–Kier alpha value is -4.07. The Morgan fingerprint density at radius 1 is 1.03 bits per heavy atom. The summed E-state index contributed by atoms with van der Waals surface area (Å²) in [5, 5.41) is 2.96. The predicted octanol–water partition coefficient (Wildman–Crippen LogP) is 5.35. The molecule has 1 saturated carbocycles. The Labute approximate surface area is 206 Å². The molecule has 184 valence electrons. The third-order valence-corrected chi connectivity index (χ3v) is 6.72. The molecule has 0 radical (unpaired) electrons. The van der Waals surface area contributed by atoms with Gasteiger partial charge in [-0.3, -0.25) is 9.59 Å². The topological polar surface area (TPSA) is 73.2 Å². The van der Waals surface area contributed by atoms with Crippen LogP contribution in [0.5, 0.6) is 0 Å². The molecule has 0 atom stereocenters. The second-order valence-electron chi connectivity index (χ2n) is 8.91. The molecule has 1 aliphatic carbocycles. The molecule has 1 aromatic heterocycles. The van der Waals surface area contributed by atoms with Crippen LogP contribution in [0.1, 0.15) is 30.1 Å². The first-order valence-corrected chi connectivity index (χ1v) is 11.8. The van der Waals surface area contributed by atoms with Gasteiger partial charge < -0.3 is 14.6 Å². The van der Waals surface area contributed by atoms with Crippen molar-refractivity contribution in [1.29, 1.82) is 0 Å². The SMILES string of the molecule is CCn1c(-c2ccccc2-c2ccc(F)cc2F)nc2cc(C(=O)NC3CC(C(=O)OC)C3)ccc21. The average molecular weight is 490 g/mol. The first-order chi connectivity index (χ1) is 17.4. The average Bonchev–Trinajstić information content (AvgIpc) is 3.23. The second-order valence-corrected chi connectivity index (χ2v) is 8.91. The monoisotopic (exact) mass is 489 g/mol. The zero-order chi connectivity index (χ0) is 25.4. The van der Waals surface area contributed by atoms with Gasteiger partial charge >= 0.3 is 5.97 Å². The minimum absolute atomic E-state index is 0.0708. The Morgan fingerprint density at radius 2 is 1.78 bits per heavy atom. The third kappa shape index (κ3) is 4.23. The number of nitrogens with one attached hydrogen (secondary N) is 1. The van der Waals surface area contributed by atoms with Crippen LogP contribution in [-0.4, -0.2) is 34.6 Å². The van der Waals surface area contributed by atoms with Gasteiger partial charge in [-0.15, -0.1) is 0 Å². The van der Waals surface area contributed by atoms with E-state index in [4.69, 9.17) is 9.72 Å². The molecule has 1 amide bonds. The van der Waals surface area contributed by atoms with E-state index in [0.717, 1.165) is 11.6 Å². The highest BCUT2D eigenvalue weighted by molar-refractivity contribution is 5.98. The van der Waals surface area contributed by atoms with Crippen LogP contribution in [0, 0.1) is 17.6 Å². The lowest BCUT2D eigenvalue weighted by Gasteiger charge is -2.33. The number of benzene rings is 3. The van der Waals surface area contributed by atoms with Gasteiger partial charge in [0.05, 0.1) is 24.1 Å². The largest absolute Gasteiger partial charge is 0.469 e. The number of esters is 1. The van der Waals surface area contributed by atoms with Gasteiger partial charge in [0.2, 0.25) is 0 Å². The summed E-state index contributed by atoms with van der Waals surface area (Å²) in [6.45, 7) is 2.59. The van der Waals surface area contributed by atoms with Crippen LogP contribution in [0.15, 0.2) is 60.7 Å². The van der Waals surface area contributed by atoms with Gasteiger partial charge in [0.15, 0.2) is 0 Å². The van der Waals surface area contributed by atoms with E-state index >= 15 is 0 Å². The summed E-state index contributed by atoms with van der Waals surface area (Å²) in [7, 11) is 1.36. The van der Waals surface area contributed by atoms with Crippen molar-refractivity contribution in [3.63, 3.8) is 0 Å². The number of amides is 1. The highest BCUT2D eigenvalue weighted by Gasteiger charge is 2.36. The van der Waals surface area contributed by atoms with E-state index in [1.54, 1.807) is 24.3 Å². The summed E-state index contributed by atoms with van der Waals surface area (Å²) in [5.74, 6) is -1.30. The van der Waals surface area contributed by atoms with Crippen molar-refractivity contribution < 1.29 is 23.1 Å². The lowest BCUT2D eigenvalue weighted by atomic mass is 9.80. The molecular formula is C28H25F2N3O3. The number of aryl methyl sites for hydroxylation is 1. The molecule has 5 rings (SSSR count). The molecular weight excluding hydrogens is 464 g/mol. The van der Waals surface area contributed by atoms with Crippen LogP contribution in [0.4, 0.5) is 8.78 Å². The van der Waals surface area contributed by atoms with Crippen LogP contribution in [0.2, 0.25) is 0 Å². The summed E-state index contributed by atoms with van der Waals surface area (Å²) in [5.41, 5.74) is 3.53. The second kappa shape index (κ2) is 9.53. The summed E-state index contributed by atoms with van der Waals surface area (Å²) >= 11 is 0. The quantitative estimate of drug-likeness (QED) is 0.371. The minimum atomic E-state index is -0.647. The molecule has 1 fully saturated rings. The van der Waals surface area contributed by atoms with Crippen molar-refractivity contribution in [3.8, 4) is 22.5 Å². The molecule has 6 nitrogen and oxygen atoms in total. The number of nitrogens with zero attached hydrogens (tertiary/aromatic N) is 2. The first kappa shape index (κ1) is 23.7. The lowest BCUT2D eigenvalue weighted by Crippen LogP contribution is -2.47. The Balaban J connectivity index is 1.47. The van der Waals surface area contributed by atoms with Gasteiger partial charge in [0.1, 0.15) is 17.5 Å². The van der Waals surface area contributed by atoms with Gasteiger partial charge in [-0.1, -0.05) is 24.3 Å². The Bertz CT molecular complexity index is 1470. The van der Waals surface area contributed by atoms with Crippen molar-refractivity contribution in [3.05, 3.63) is 77.9 Å². The molecule has 0 aliphatic heterocycles. The van der Waals surface area contributed by atoms with E-state index < -0.39 is 11.6 Å². The molecule has 0 bridgehead atoms. The number of carbonyl (C=O) groups is 2. The number of imidazole rings is 1. The third-order valence-electron chi connectivity index (χ3n) is 6.72. The van der Waals surface area contributed by atoms with E-state index in [1.807, 2.05) is 29.7 Å². The zero-order valence-electron chi connectivity index (χ0n) is 19.9. The summed E-state index contributed by atoms with van der Waals surface area (Å²) in [6.07, 6.45) is 1.12. The molecule has 1 heterocycles. The van der Waals surface area contributed by atoms with E-state index in [-0.39, 0.29) is 29.4 Å². The number of methoxy groups -OCH3 is 1. The van der Waals surface area contributed by atoms with Crippen molar-refractivity contribution in [2.24, 2.45) is 5.92 Å². The van der Waals surface area contributed by atoms with Crippen molar-refractivity contribution in [2.75, 3.05) is 7.11 Å². The number of ether oxygens (including phenoxy) is 1. The number of rotatable bonds is 6. The number of fused-ring (bicyclic) bond motifs is 1. The standard InChI is InChI=1S/C28H25F2N3O3/c1-3-33-25-11-8-16(27(34)31-19-12-17(13-19)28(35)36-2)14-24(25)32-26(33)22-7-5-4-6-20(22)21-10-9-18(29)15-23(21)30/h4-11,14-15,17,19H,3,12-13H2,1-2H3,(H,31,34). The van der Waals surface area contributed by atoms with Crippen LogP contribution in [0.3, 0.4) is 0 Å². The van der Waals surface area contributed by atoms with E-state index in [0.29, 0.717) is 47.4 Å². The number of carbonyl (C=O) groups excluding carboxylic acids is 2. The fraction of sp³-hybridized carbons (Fsp3) is 0.250. The molecule has 0 saturated heterocycles. The predicted molar refractivity (Wildman–Crippen MR) is 132 cm³/mol. The van der Waals surface area contributed by atoms with Gasteiger partial charge in [-0.05, 0) is 55.7 Å². The number of hydrogen-bond acceptors (Lipinski definition) is 4. The van der Waals surface area contributed by atoms with E-state index in [2.05, 4.69) is 5.32 Å². The van der Waals surface area contributed by atoms with Gasteiger partial charge in [0.25, 0.3) is 5.91 Å². The van der Waals surface area contributed by atoms with E-state index in [9.17, 15) is 18.4 Å². The summed E-state index contributed by atoms with van der Waals surface area (Å²) in [6, 6.07) is 16.1. The fourth-order valence-corrected chi connectivity index (χ4v) is 4.78. The Morgan fingerprint density at radius 3 is 2.47 bits per heavy atom. The Kier molecular flexibility index (Phi) is 6.26. The van der Waals surface area contributed by atoms with Gasteiger partial charge in [-0.2, -0.15) is 0 Å². The molecule has 4 aromatic rings. The maximum Gasteiger partial charge on any atom is 0.308 e. The highest BCUT2D eigenvalue weighted by Crippen LogP contribution is 2.35. The molecule has 36 heavy (non-hydrogen) atoms. The van der Waals surface area contributed by atoms with E-state index in [1.165, 1.54) is 19.2 Å². The van der Waals surface area contributed by atoms with Crippen LogP contribution < -0.4 is 5.32 Å². The first-order valence-electron chi connectivity index (χ1n) is 11.8. The molecule has 0 unspecified atom stereocenters. The minimum Gasteiger partial charge on any atom is -0.469 e. The number of aromatic nitrogens is 2. The molecule has 3 aromatic carbocycles. The van der Waals surface area contributed by atoms with Crippen molar-refractivity contribution >= 4 is 22.9 Å². The molecule has 1 aliphatic rings. The van der Waals surface area contributed by atoms with Gasteiger partial charge in [0, 0.05) is 35.3 Å².